The van der Waals surface area contributed by atoms with Gasteiger partial charge in [0.25, 0.3) is 0 Å². The van der Waals surface area contributed by atoms with Gasteiger partial charge in [-0.25, -0.2) is 8.78 Å². The number of aryl methyl sites for hydroxylation is 1. The third kappa shape index (κ3) is 3.47. The molecule has 21 heavy (non-hydrogen) atoms. The first-order valence-electron chi connectivity index (χ1n) is 7.21. The highest BCUT2D eigenvalue weighted by Crippen LogP contribution is 2.17. The van der Waals surface area contributed by atoms with E-state index in [1.54, 1.807) is 10.7 Å². The molecule has 1 aromatic carbocycles. The highest BCUT2D eigenvalue weighted by molar-refractivity contribution is 5.26. The number of rotatable bonds is 6. The molecule has 0 spiro atoms. The summed E-state index contributed by atoms with van der Waals surface area (Å²) in [6.45, 7) is 7.95. The smallest absolute Gasteiger partial charge is 0.163 e. The summed E-state index contributed by atoms with van der Waals surface area (Å²) in [6.07, 6.45) is 1.07. The summed E-state index contributed by atoms with van der Waals surface area (Å²) in [6, 6.07) is 4.23. The lowest BCUT2D eigenvalue weighted by Crippen LogP contribution is -2.15. The average molecular weight is 293 g/mol. The maximum absolute atomic E-state index is 13.7. The molecule has 2 rings (SSSR count). The lowest BCUT2D eigenvalue weighted by atomic mass is 10.2. The molecular formula is C16H21F2N3. The second-order valence-corrected chi connectivity index (χ2v) is 5.20. The molecule has 1 N–H and O–H groups in total. The van der Waals surface area contributed by atoms with Crippen LogP contribution < -0.4 is 5.32 Å². The maximum Gasteiger partial charge on any atom is 0.163 e. The molecule has 0 bridgehead atoms. The van der Waals surface area contributed by atoms with E-state index < -0.39 is 11.6 Å². The van der Waals surface area contributed by atoms with Crippen LogP contribution in [0.3, 0.4) is 0 Å². The quantitative estimate of drug-likeness (QED) is 0.828. The van der Waals surface area contributed by atoms with Crippen molar-refractivity contribution in [3.05, 3.63) is 52.3 Å². The summed E-state index contributed by atoms with van der Waals surface area (Å²) in [7, 11) is 0. The standard InChI is InChI=1S/C16H21F2N3/c1-4-8-19-9-14-11(2)20-21(12(14)3)10-13-6-5-7-15(17)16(13)18/h5-7,19H,4,8-10H2,1-3H3. The monoisotopic (exact) mass is 293 g/mol. The Kier molecular flexibility index (Phi) is 5.07. The Hall–Kier alpha value is -1.75. The van der Waals surface area contributed by atoms with Gasteiger partial charge in [0.1, 0.15) is 0 Å². The summed E-state index contributed by atoms with van der Waals surface area (Å²) in [4.78, 5) is 0. The molecule has 5 heteroatoms. The van der Waals surface area contributed by atoms with Crippen molar-refractivity contribution in [2.75, 3.05) is 6.54 Å². The molecule has 0 unspecified atom stereocenters. The van der Waals surface area contributed by atoms with Crippen molar-refractivity contribution in [2.45, 2.75) is 40.3 Å². The normalized spacial score (nSPS) is 11.1. The van der Waals surface area contributed by atoms with Gasteiger partial charge in [-0.3, -0.25) is 4.68 Å². The Balaban J connectivity index is 2.21. The predicted molar refractivity (Wildman–Crippen MR) is 79.2 cm³/mol. The minimum Gasteiger partial charge on any atom is -0.313 e. The number of nitrogens with one attached hydrogen (secondary N) is 1. The molecule has 2 aromatic rings. The van der Waals surface area contributed by atoms with Crippen LogP contribution in [-0.2, 0) is 13.1 Å². The van der Waals surface area contributed by atoms with Gasteiger partial charge in [-0.1, -0.05) is 19.1 Å². The summed E-state index contributed by atoms with van der Waals surface area (Å²) in [5, 5.41) is 7.79. The van der Waals surface area contributed by atoms with E-state index in [2.05, 4.69) is 17.3 Å². The molecule has 1 heterocycles. The van der Waals surface area contributed by atoms with E-state index in [1.807, 2.05) is 13.8 Å². The zero-order valence-electron chi connectivity index (χ0n) is 12.7. The van der Waals surface area contributed by atoms with Crippen LogP contribution >= 0.6 is 0 Å². The lowest BCUT2D eigenvalue weighted by molar-refractivity contribution is 0.490. The van der Waals surface area contributed by atoms with Gasteiger partial charge in [0.15, 0.2) is 11.6 Å². The van der Waals surface area contributed by atoms with E-state index in [9.17, 15) is 8.78 Å². The van der Waals surface area contributed by atoms with Gasteiger partial charge in [-0.15, -0.1) is 0 Å². The van der Waals surface area contributed by atoms with Crippen LogP contribution in [0.4, 0.5) is 8.78 Å². The van der Waals surface area contributed by atoms with Gasteiger partial charge in [0.05, 0.1) is 12.2 Å². The molecule has 0 radical (unpaired) electrons. The maximum atomic E-state index is 13.7. The van der Waals surface area contributed by atoms with E-state index in [1.165, 1.54) is 6.07 Å². The molecule has 1 aromatic heterocycles. The molecule has 0 saturated carbocycles. The second kappa shape index (κ2) is 6.80. The fourth-order valence-electron chi connectivity index (χ4n) is 2.37. The predicted octanol–water partition coefficient (Wildman–Crippen LogP) is 3.33. The Morgan fingerprint density at radius 1 is 1.24 bits per heavy atom. The van der Waals surface area contributed by atoms with Crippen molar-refractivity contribution in [2.24, 2.45) is 0 Å². The minimum atomic E-state index is -0.820. The first kappa shape index (κ1) is 15.6. The number of halogens is 2. The van der Waals surface area contributed by atoms with Crippen molar-refractivity contribution >= 4 is 0 Å². The molecular weight excluding hydrogens is 272 g/mol. The largest absolute Gasteiger partial charge is 0.313 e. The molecule has 0 amide bonds. The summed E-state index contributed by atoms with van der Waals surface area (Å²) in [5.74, 6) is -1.62. The fourth-order valence-corrected chi connectivity index (χ4v) is 2.37. The van der Waals surface area contributed by atoms with Crippen molar-refractivity contribution in [1.29, 1.82) is 0 Å². The van der Waals surface area contributed by atoms with Gasteiger partial charge >= 0.3 is 0 Å². The van der Waals surface area contributed by atoms with E-state index in [-0.39, 0.29) is 6.54 Å². The van der Waals surface area contributed by atoms with Gasteiger partial charge in [-0.2, -0.15) is 5.10 Å². The molecule has 0 fully saturated rings. The van der Waals surface area contributed by atoms with Crippen LogP contribution in [0.1, 0.15) is 35.9 Å². The zero-order chi connectivity index (χ0) is 15.4. The van der Waals surface area contributed by atoms with Gasteiger partial charge in [-0.05, 0) is 32.9 Å². The van der Waals surface area contributed by atoms with Crippen molar-refractivity contribution in [3.8, 4) is 0 Å². The number of benzene rings is 1. The first-order valence-corrected chi connectivity index (χ1v) is 7.21. The van der Waals surface area contributed by atoms with Crippen LogP contribution in [0.5, 0.6) is 0 Å². The Labute approximate surface area is 124 Å². The van der Waals surface area contributed by atoms with E-state index in [0.717, 1.165) is 42.5 Å². The van der Waals surface area contributed by atoms with Crippen molar-refractivity contribution < 1.29 is 8.78 Å². The Bertz CT molecular complexity index is 620. The van der Waals surface area contributed by atoms with Crippen LogP contribution in [0.2, 0.25) is 0 Å². The minimum absolute atomic E-state index is 0.240. The number of hydrogen-bond donors (Lipinski definition) is 1. The van der Waals surface area contributed by atoms with Crippen LogP contribution in [-0.4, -0.2) is 16.3 Å². The Morgan fingerprint density at radius 2 is 2.00 bits per heavy atom. The lowest BCUT2D eigenvalue weighted by Gasteiger charge is -2.08. The van der Waals surface area contributed by atoms with Crippen molar-refractivity contribution in [3.63, 3.8) is 0 Å². The van der Waals surface area contributed by atoms with E-state index in [0.29, 0.717) is 5.56 Å². The third-order valence-electron chi connectivity index (χ3n) is 3.61. The van der Waals surface area contributed by atoms with Gasteiger partial charge in [0.2, 0.25) is 0 Å². The van der Waals surface area contributed by atoms with Crippen LogP contribution in [0.25, 0.3) is 0 Å². The molecule has 3 nitrogen and oxygen atoms in total. The topological polar surface area (TPSA) is 29.9 Å². The van der Waals surface area contributed by atoms with Crippen LogP contribution in [0.15, 0.2) is 18.2 Å². The Morgan fingerprint density at radius 3 is 2.71 bits per heavy atom. The molecule has 0 aliphatic heterocycles. The SMILES string of the molecule is CCCNCc1c(C)nn(Cc2cccc(F)c2F)c1C. The molecule has 0 atom stereocenters. The first-order chi connectivity index (χ1) is 10.0. The molecule has 0 aliphatic carbocycles. The second-order valence-electron chi connectivity index (χ2n) is 5.20. The van der Waals surface area contributed by atoms with E-state index in [4.69, 9.17) is 0 Å². The number of hydrogen-bond acceptors (Lipinski definition) is 2. The van der Waals surface area contributed by atoms with Crippen LogP contribution in [0, 0.1) is 25.5 Å². The highest BCUT2D eigenvalue weighted by atomic mass is 19.2. The van der Waals surface area contributed by atoms with Crippen molar-refractivity contribution in [1.82, 2.24) is 15.1 Å². The highest BCUT2D eigenvalue weighted by Gasteiger charge is 2.14. The molecule has 0 aliphatic rings. The van der Waals surface area contributed by atoms with Gasteiger partial charge < -0.3 is 5.32 Å². The fraction of sp³-hybridized carbons (Fsp3) is 0.438. The third-order valence-corrected chi connectivity index (χ3v) is 3.61. The summed E-state index contributed by atoms with van der Waals surface area (Å²) >= 11 is 0. The number of nitrogens with zero attached hydrogens (tertiary/aromatic N) is 2. The average Bonchev–Trinajstić information content (AvgIpc) is 2.71. The number of aromatic nitrogens is 2. The summed E-state index contributed by atoms with van der Waals surface area (Å²) in [5.41, 5.74) is 3.35. The zero-order valence-corrected chi connectivity index (χ0v) is 12.7. The van der Waals surface area contributed by atoms with Gasteiger partial charge in [0, 0.05) is 23.4 Å². The molecule has 114 valence electrons. The van der Waals surface area contributed by atoms with E-state index >= 15 is 0 Å². The molecule has 0 saturated heterocycles. The summed E-state index contributed by atoms with van der Waals surface area (Å²) < 4.78 is 28.7.